The van der Waals surface area contributed by atoms with Crippen molar-refractivity contribution in [2.24, 2.45) is 7.05 Å². The SMILES string of the molecule is CCCC[n+]1ccc(/C=C/c2ccc3c(ccn3C)c2)cc1. The molecule has 0 atom stereocenters. The third-order valence-corrected chi connectivity index (χ3v) is 4.06. The molecule has 0 N–H and O–H groups in total. The van der Waals surface area contributed by atoms with Crippen molar-refractivity contribution in [1.82, 2.24) is 4.57 Å². The number of hydrogen-bond acceptors (Lipinski definition) is 0. The van der Waals surface area contributed by atoms with Gasteiger partial charge in [0.1, 0.15) is 6.54 Å². The van der Waals surface area contributed by atoms with Gasteiger partial charge in [0.15, 0.2) is 12.4 Å². The summed E-state index contributed by atoms with van der Waals surface area (Å²) in [7, 11) is 2.08. The largest absolute Gasteiger partial charge is 0.351 e. The van der Waals surface area contributed by atoms with E-state index in [0.29, 0.717) is 0 Å². The molecule has 2 heterocycles. The van der Waals surface area contributed by atoms with E-state index in [2.05, 4.69) is 90.2 Å². The first-order valence-electron chi connectivity index (χ1n) is 7.98. The second-order valence-electron chi connectivity index (χ2n) is 5.80. The van der Waals surface area contributed by atoms with Crippen molar-refractivity contribution >= 4 is 23.1 Å². The quantitative estimate of drug-likeness (QED) is 0.615. The van der Waals surface area contributed by atoms with Gasteiger partial charge in [-0.25, -0.2) is 4.57 Å². The second kappa shape index (κ2) is 6.61. The van der Waals surface area contributed by atoms with Gasteiger partial charge in [0.2, 0.25) is 0 Å². The van der Waals surface area contributed by atoms with Gasteiger partial charge in [0.05, 0.1) is 0 Å². The minimum Gasteiger partial charge on any atom is -0.351 e. The van der Waals surface area contributed by atoms with E-state index in [1.165, 1.54) is 34.9 Å². The summed E-state index contributed by atoms with van der Waals surface area (Å²) < 4.78 is 4.39. The van der Waals surface area contributed by atoms with Gasteiger partial charge in [-0.3, -0.25) is 0 Å². The summed E-state index contributed by atoms with van der Waals surface area (Å²) in [5.41, 5.74) is 3.75. The molecule has 3 aromatic rings. The Morgan fingerprint density at radius 1 is 1.00 bits per heavy atom. The maximum Gasteiger partial charge on any atom is 0.169 e. The topological polar surface area (TPSA) is 8.81 Å². The molecule has 0 amide bonds. The highest BCUT2D eigenvalue weighted by atomic mass is 14.9. The summed E-state index contributed by atoms with van der Waals surface area (Å²) >= 11 is 0. The number of aromatic nitrogens is 2. The summed E-state index contributed by atoms with van der Waals surface area (Å²) in [6, 6.07) is 13.1. The fourth-order valence-electron chi connectivity index (χ4n) is 2.67. The van der Waals surface area contributed by atoms with Gasteiger partial charge < -0.3 is 4.57 Å². The standard InChI is InChI=1S/C20H23N2/c1-3-4-12-22-14-9-17(10-15-22)5-6-18-7-8-20-19(16-18)11-13-21(20)2/h5-11,13-16H,3-4,12H2,1-2H3/q+1. The molecule has 0 spiro atoms. The maximum atomic E-state index is 2.25. The molecule has 1 aromatic carbocycles. The highest BCUT2D eigenvalue weighted by Gasteiger charge is 1.99. The Morgan fingerprint density at radius 3 is 2.55 bits per heavy atom. The Labute approximate surface area is 132 Å². The summed E-state index contributed by atoms with van der Waals surface area (Å²) in [4.78, 5) is 0. The van der Waals surface area contributed by atoms with Crippen molar-refractivity contribution in [2.75, 3.05) is 0 Å². The summed E-state index contributed by atoms with van der Waals surface area (Å²) in [5.74, 6) is 0. The van der Waals surface area contributed by atoms with Crippen molar-refractivity contribution in [1.29, 1.82) is 0 Å². The zero-order valence-corrected chi connectivity index (χ0v) is 13.4. The molecular formula is C20H23N2+. The average molecular weight is 291 g/mol. The minimum absolute atomic E-state index is 1.10. The van der Waals surface area contributed by atoms with Crippen LogP contribution in [0.4, 0.5) is 0 Å². The van der Waals surface area contributed by atoms with Gasteiger partial charge in [-0.2, -0.15) is 0 Å². The molecule has 0 saturated heterocycles. The van der Waals surface area contributed by atoms with Gasteiger partial charge in [0.25, 0.3) is 0 Å². The number of hydrogen-bond donors (Lipinski definition) is 0. The molecule has 2 nitrogen and oxygen atoms in total. The highest BCUT2D eigenvalue weighted by Crippen LogP contribution is 2.18. The fourth-order valence-corrected chi connectivity index (χ4v) is 2.67. The van der Waals surface area contributed by atoms with Gasteiger partial charge in [-0.05, 0) is 29.3 Å². The number of pyridine rings is 1. The van der Waals surface area contributed by atoms with Crippen LogP contribution in [0.25, 0.3) is 23.1 Å². The molecule has 2 heteroatoms. The normalized spacial score (nSPS) is 11.5. The first-order chi connectivity index (χ1) is 10.8. The number of unbranched alkanes of at least 4 members (excludes halogenated alkanes) is 1. The summed E-state index contributed by atoms with van der Waals surface area (Å²) in [6.45, 7) is 3.33. The molecule has 0 aliphatic heterocycles. The van der Waals surface area contributed by atoms with Gasteiger partial charge in [-0.1, -0.05) is 31.6 Å². The Hall–Kier alpha value is -2.35. The predicted molar refractivity (Wildman–Crippen MR) is 93.4 cm³/mol. The Balaban J connectivity index is 1.74. The number of nitrogens with zero attached hydrogens (tertiary/aromatic N) is 2. The molecule has 0 aliphatic carbocycles. The van der Waals surface area contributed by atoms with Gasteiger partial charge in [-0.15, -0.1) is 0 Å². The van der Waals surface area contributed by atoms with Gasteiger partial charge >= 0.3 is 0 Å². The van der Waals surface area contributed by atoms with E-state index in [4.69, 9.17) is 0 Å². The lowest BCUT2D eigenvalue weighted by atomic mass is 10.1. The Bertz CT molecular complexity index is 779. The summed E-state index contributed by atoms with van der Waals surface area (Å²) in [5, 5.41) is 1.29. The predicted octanol–water partition coefficient (Wildman–Crippen LogP) is 4.44. The van der Waals surface area contributed by atoms with Crippen molar-refractivity contribution < 1.29 is 4.57 Å². The number of aryl methyl sites for hydroxylation is 2. The third-order valence-electron chi connectivity index (χ3n) is 4.06. The lowest BCUT2D eigenvalue weighted by Gasteiger charge is -1.98. The van der Waals surface area contributed by atoms with Crippen LogP contribution in [-0.4, -0.2) is 4.57 Å². The zero-order valence-electron chi connectivity index (χ0n) is 13.4. The van der Waals surface area contributed by atoms with Crippen molar-refractivity contribution in [2.45, 2.75) is 26.3 Å². The smallest absolute Gasteiger partial charge is 0.169 e. The molecule has 3 rings (SSSR count). The van der Waals surface area contributed by atoms with Crippen molar-refractivity contribution in [3.05, 3.63) is 66.1 Å². The van der Waals surface area contributed by atoms with Crippen LogP contribution in [0.5, 0.6) is 0 Å². The number of fused-ring (bicyclic) bond motifs is 1. The van der Waals surface area contributed by atoms with Crippen LogP contribution in [0.2, 0.25) is 0 Å². The minimum atomic E-state index is 1.10. The van der Waals surface area contributed by atoms with E-state index in [-0.39, 0.29) is 0 Å². The average Bonchev–Trinajstić information content (AvgIpc) is 2.93. The summed E-state index contributed by atoms with van der Waals surface area (Å²) in [6.07, 6.45) is 13.2. The maximum absolute atomic E-state index is 2.25. The first kappa shape index (κ1) is 14.6. The highest BCUT2D eigenvalue weighted by molar-refractivity contribution is 5.84. The van der Waals surface area contributed by atoms with E-state index < -0.39 is 0 Å². The molecule has 0 unspecified atom stereocenters. The van der Waals surface area contributed by atoms with E-state index in [0.717, 1.165) is 6.54 Å². The van der Waals surface area contributed by atoms with Crippen LogP contribution in [0.15, 0.2) is 55.0 Å². The molecular weight excluding hydrogens is 268 g/mol. The number of rotatable bonds is 5. The Morgan fingerprint density at radius 2 is 1.77 bits per heavy atom. The second-order valence-corrected chi connectivity index (χ2v) is 5.80. The van der Waals surface area contributed by atoms with E-state index in [1.807, 2.05) is 0 Å². The van der Waals surface area contributed by atoms with Crippen molar-refractivity contribution in [3.8, 4) is 0 Å². The molecule has 0 aliphatic rings. The molecule has 22 heavy (non-hydrogen) atoms. The van der Waals surface area contributed by atoms with Crippen molar-refractivity contribution in [3.63, 3.8) is 0 Å². The number of benzene rings is 1. The van der Waals surface area contributed by atoms with Crippen LogP contribution < -0.4 is 4.57 Å². The molecule has 0 saturated carbocycles. The Kier molecular flexibility index (Phi) is 4.38. The van der Waals surface area contributed by atoms with E-state index >= 15 is 0 Å². The molecule has 0 radical (unpaired) electrons. The van der Waals surface area contributed by atoms with Crippen LogP contribution in [-0.2, 0) is 13.6 Å². The zero-order chi connectivity index (χ0) is 15.4. The fraction of sp³-hybridized carbons (Fsp3) is 0.250. The molecule has 0 fully saturated rings. The van der Waals surface area contributed by atoms with Crippen LogP contribution in [0.3, 0.4) is 0 Å². The molecule has 112 valence electrons. The first-order valence-corrected chi connectivity index (χ1v) is 7.98. The van der Waals surface area contributed by atoms with Gasteiger partial charge in [0, 0.05) is 42.7 Å². The van der Waals surface area contributed by atoms with E-state index in [1.54, 1.807) is 0 Å². The third kappa shape index (κ3) is 3.28. The monoisotopic (exact) mass is 291 g/mol. The molecule has 0 bridgehead atoms. The lowest BCUT2D eigenvalue weighted by Crippen LogP contribution is -2.32. The van der Waals surface area contributed by atoms with Crippen LogP contribution in [0, 0.1) is 0 Å². The lowest BCUT2D eigenvalue weighted by molar-refractivity contribution is -0.697. The van der Waals surface area contributed by atoms with Crippen LogP contribution >= 0.6 is 0 Å². The molecule has 2 aromatic heterocycles. The van der Waals surface area contributed by atoms with E-state index in [9.17, 15) is 0 Å². The van der Waals surface area contributed by atoms with Crippen LogP contribution in [0.1, 0.15) is 30.9 Å².